The molecule has 0 saturated heterocycles. The van der Waals surface area contributed by atoms with E-state index in [-0.39, 0.29) is 0 Å². The van der Waals surface area contributed by atoms with Gasteiger partial charge in [0.05, 0.1) is 0 Å². The summed E-state index contributed by atoms with van der Waals surface area (Å²) in [5.41, 5.74) is 1.91. The fourth-order valence-corrected chi connectivity index (χ4v) is 4.22. The van der Waals surface area contributed by atoms with Gasteiger partial charge in [-0.05, 0) is 38.3 Å². The second kappa shape index (κ2) is 6.64. The SMILES string of the molecule is CCNC1(C(=O)O)CCC(SCc2cccc(C)c2)C1. The number of aryl methyl sites for hydroxylation is 1. The first-order valence-corrected chi connectivity index (χ1v) is 8.26. The van der Waals surface area contributed by atoms with Crippen molar-refractivity contribution in [3.05, 3.63) is 35.4 Å². The highest BCUT2D eigenvalue weighted by Crippen LogP contribution is 2.38. The quantitative estimate of drug-likeness (QED) is 0.845. The summed E-state index contributed by atoms with van der Waals surface area (Å²) in [5.74, 6) is 0.270. The molecule has 1 aromatic carbocycles. The van der Waals surface area contributed by atoms with Crippen LogP contribution in [0.15, 0.2) is 24.3 Å². The Labute approximate surface area is 125 Å². The average molecular weight is 293 g/mol. The zero-order valence-corrected chi connectivity index (χ0v) is 13.0. The van der Waals surface area contributed by atoms with E-state index in [4.69, 9.17) is 0 Å². The van der Waals surface area contributed by atoms with Crippen LogP contribution in [0.25, 0.3) is 0 Å². The number of thioether (sulfide) groups is 1. The summed E-state index contributed by atoms with van der Waals surface area (Å²) in [6, 6.07) is 8.53. The standard InChI is InChI=1S/C16H23NO2S/c1-3-17-16(15(18)19)8-7-14(10-16)20-11-13-6-4-5-12(2)9-13/h4-6,9,14,17H,3,7-8,10-11H2,1-2H3,(H,18,19). The number of carbonyl (C=O) groups is 1. The highest BCUT2D eigenvalue weighted by Gasteiger charge is 2.44. The van der Waals surface area contributed by atoms with Crippen LogP contribution >= 0.6 is 11.8 Å². The average Bonchev–Trinajstić information content (AvgIpc) is 2.82. The van der Waals surface area contributed by atoms with Crippen molar-refractivity contribution < 1.29 is 9.90 Å². The van der Waals surface area contributed by atoms with Crippen molar-refractivity contribution in [2.75, 3.05) is 6.54 Å². The van der Waals surface area contributed by atoms with Crippen molar-refractivity contribution in [1.29, 1.82) is 0 Å². The third-order valence-electron chi connectivity index (χ3n) is 3.96. The molecule has 1 aliphatic carbocycles. The van der Waals surface area contributed by atoms with Crippen LogP contribution in [-0.2, 0) is 10.5 Å². The van der Waals surface area contributed by atoms with Crippen molar-refractivity contribution in [2.24, 2.45) is 0 Å². The minimum absolute atomic E-state index is 0.436. The van der Waals surface area contributed by atoms with Gasteiger partial charge >= 0.3 is 5.97 Å². The fraction of sp³-hybridized carbons (Fsp3) is 0.562. The Hall–Kier alpha value is -1.00. The predicted octanol–water partition coefficient (Wildman–Crippen LogP) is 3.21. The lowest BCUT2D eigenvalue weighted by Crippen LogP contribution is -2.50. The van der Waals surface area contributed by atoms with Gasteiger partial charge in [-0.15, -0.1) is 0 Å². The predicted molar refractivity (Wildman–Crippen MR) is 84.2 cm³/mol. The molecule has 1 aromatic rings. The highest BCUT2D eigenvalue weighted by molar-refractivity contribution is 7.99. The summed E-state index contributed by atoms with van der Waals surface area (Å²) in [7, 11) is 0. The molecular formula is C16H23NO2S. The second-order valence-corrected chi connectivity index (χ2v) is 6.87. The molecule has 2 atom stereocenters. The number of benzene rings is 1. The van der Waals surface area contributed by atoms with Gasteiger partial charge in [0.25, 0.3) is 0 Å². The molecule has 1 aliphatic rings. The smallest absolute Gasteiger partial charge is 0.323 e. The molecule has 20 heavy (non-hydrogen) atoms. The van der Waals surface area contributed by atoms with E-state index in [1.807, 2.05) is 18.7 Å². The minimum Gasteiger partial charge on any atom is -0.480 e. The summed E-state index contributed by atoms with van der Waals surface area (Å²) in [6.07, 6.45) is 2.45. The number of hydrogen-bond donors (Lipinski definition) is 2. The largest absolute Gasteiger partial charge is 0.480 e. The summed E-state index contributed by atoms with van der Waals surface area (Å²) in [5, 5.41) is 13.1. The maximum Gasteiger partial charge on any atom is 0.323 e. The molecule has 0 aliphatic heterocycles. The van der Waals surface area contributed by atoms with E-state index >= 15 is 0 Å². The van der Waals surface area contributed by atoms with Crippen LogP contribution in [-0.4, -0.2) is 28.4 Å². The number of carboxylic acids is 1. The van der Waals surface area contributed by atoms with Gasteiger partial charge in [0.1, 0.15) is 5.54 Å². The van der Waals surface area contributed by atoms with Gasteiger partial charge in [0.15, 0.2) is 0 Å². The maximum atomic E-state index is 11.5. The molecule has 0 radical (unpaired) electrons. The van der Waals surface area contributed by atoms with Crippen LogP contribution in [0.3, 0.4) is 0 Å². The van der Waals surface area contributed by atoms with Crippen LogP contribution in [0, 0.1) is 6.92 Å². The zero-order chi connectivity index (χ0) is 14.6. The van der Waals surface area contributed by atoms with E-state index in [9.17, 15) is 9.90 Å². The molecule has 2 rings (SSSR count). The number of hydrogen-bond acceptors (Lipinski definition) is 3. The van der Waals surface area contributed by atoms with Gasteiger partial charge in [0, 0.05) is 11.0 Å². The Bertz CT molecular complexity index is 477. The fourth-order valence-electron chi connectivity index (χ4n) is 2.93. The van der Waals surface area contributed by atoms with Crippen molar-refractivity contribution in [2.45, 2.75) is 49.7 Å². The molecule has 0 bridgehead atoms. The number of rotatable bonds is 6. The number of aliphatic carboxylic acids is 1. The van der Waals surface area contributed by atoms with Gasteiger partial charge < -0.3 is 10.4 Å². The molecule has 1 saturated carbocycles. The first-order valence-electron chi connectivity index (χ1n) is 7.21. The van der Waals surface area contributed by atoms with E-state index in [1.165, 1.54) is 11.1 Å². The topological polar surface area (TPSA) is 49.3 Å². The molecule has 2 unspecified atom stereocenters. The van der Waals surface area contributed by atoms with Crippen LogP contribution in [0.1, 0.15) is 37.3 Å². The van der Waals surface area contributed by atoms with Gasteiger partial charge in [-0.25, -0.2) is 0 Å². The van der Waals surface area contributed by atoms with Crippen molar-refractivity contribution >= 4 is 17.7 Å². The van der Waals surface area contributed by atoms with Gasteiger partial charge in [-0.2, -0.15) is 11.8 Å². The lowest BCUT2D eigenvalue weighted by atomic mass is 9.98. The van der Waals surface area contributed by atoms with E-state index in [0.29, 0.717) is 11.8 Å². The van der Waals surface area contributed by atoms with E-state index < -0.39 is 11.5 Å². The highest BCUT2D eigenvalue weighted by atomic mass is 32.2. The summed E-state index contributed by atoms with van der Waals surface area (Å²) in [4.78, 5) is 11.5. The number of nitrogens with one attached hydrogen (secondary N) is 1. The summed E-state index contributed by atoms with van der Waals surface area (Å²) < 4.78 is 0. The van der Waals surface area contributed by atoms with Crippen LogP contribution in [0.2, 0.25) is 0 Å². The molecule has 0 heterocycles. The molecule has 110 valence electrons. The summed E-state index contributed by atoms with van der Waals surface area (Å²) in [6.45, 7) is 4.78. The van der Waals surface area contributed by atoms with Crippen LogP contribution in [0.5, 0.6) is 0 Å². The van der Waals surface area contributed by atoms with Gasteiger partial charge in [-0.1, -0.05) is 36.8 Å². The third-order valence-corrected chi connectivity index (χ3v) is 5.34. The molecule has 4 heteroatoms. The zero-order valence-electron chi connectivity index (χ0n) is 12.2. The Balaban J connectivity index is 1.91. The Morgan fingerprint density at radius 2 is 2.35 bits per heavy atom. The normalized spacial score (nSPS) is 25.8. The Morgan fingerprint density at radius 3 is 3.00 bits per heavy atom. The Morgan fingerprint density at radius 1 is 1.55 bits per heavy atom. The molecule has 0 amide bonds. The number of carboxylic acid groups (broad SMARTS) is 1. The van der Waals surface area contributed by atoms with E-state index in [1.54, 1.807) is 0 Å². The van der Waals surface area contributed by atoms with Crippen molar-refractivity contribution in [3.63, 3.8) is 0 Å². The lowest BCUT2D eigenvalue weighted by Gasteiger charge is -2.25. The molecule has 3 nitrogen and oxygen atoms in total. The first kappa shape index (κ1) is 15.4. The lowest BCUT2D eigenvalue weighted by molar-refractivity contribution is -0.144. The number of likely N-dealkylation sites (N-methyl/N-ethyl adjacent to an activating group) is 1. The molecule has 1 fully saturated rings. The molecule has 2 N–H and O–H groups in total. The van der Waals surface area contributed by atoms with E-state index in [0.717, 1.165) is 25.0 Å². The second-order valence-electron chi connectivity index (χ2n) is 5.58. The van der Waals surface area contributed by atoms with Crippen molar-refractivity contribution in [1.82, 2.24) is 5.32 Å². The van der Waals surface area contributed by atoms with Gasteiger partial charge in [-0.3, -0.25) is 4.79 Å². The molecule has 0 aromatic heterocycles. The van der Waals surface area contributed by atoms with Gasteiger partial charge in [0.2, 0.25) is 0 Å². The first-order chi connectivity index (χ1) is 9.55. The van der Waals surface area contributed by atoms with E-state index in [2.05, 4.69) is 36.5 Å². The van der Waals surface area contributed by atoms with Crippen molar-refractivity contribution in [3.8, 4) is 0 Å². The Kier molecular flexibility index (Phi) is 5.11. The summed E-state index contributed by atoms with van der Waals surface area (Å²) >= 11 is 1.89. The monoisotopic (exact) mass is 293 g/mol. The van der Waals surface area contributed by atoms with Crippen LogP contribution in [0.4, 0.5) is 0 Å². The third kappa shape index (κ3) is 3.55. The molecule has 0 spiro atoms. The maximum absolute atomic E-state index is 11.5. The molecular weight excluding hydrogens is 270 g/mol. The van der Waals surface area contributed by atoms with Crippen LogP contribution < -0.4 is 5.32 Å². The minimum atomic E-state index is -0.696.